The maximum atomic E-state index is 12.5. The van der Waals surface area contributed by atoms with E-state index in [9.17, 15) is 9.59 Å². The molecule has 1 aliphatic heterocycles. The number of nitrogens with zero attached hydrogens (tertiary/aromatic N) is 2. The third-order valence-electron chi connectivity index (χ3n) is 4.77. The molecule has 6 heteroatoms. The first kappa shape index (κ1) is 19.2. The Labute approximate surface area is 150 Å². The number of nitrogens with one attached hydrogen (secondary N) is 1. The summed E-state index contributed by atoms with van der Waals surface area (Å²) in [7, 11) is 1.66. The molecular weight excluding hydrogens is 318 g/mol. The van der Waals surface area contributed by atoms with Crippen molar-refractivity contribution in [2.75, 3.05) is 33.3 Å². The minimum Gasteiger partial charge on any atom is -0.496 e. The van der Waals surface area contributed by atoms with E-state index in [2.05, 4.69) is 16.3 Å². The molecule has 1 aliphatic rings. The first-order valence-corrected chi connectivity index (χ1v) is 8.93. The van der Waals surface area contributed by atoms with Crippen molar-refractivity contribution in [3.63, 3.8) is 0 Å². The van der Waals surface area contributed by atoms with Crippen molar-refractivity contribution in [1.29, 1.82) is 0 Å². The Morgan fingerprint density at radius 2 is 2.08 bits per heavy atom. The fourth-order valence-corrected chi connectivity index (χ4v) is 3.32. The van der Waals surface area contributed by atoms with Crippen molar-refractivity contribution < 1.29 is 14.3 Å². The van der Waals surface area contributed by atoms with Crippen LogP contribution in [0.25, 0.3) is 0 Å². The molecule has 2 rings (SSSR count). The highest BCUT2D eigenvalue weighted by Gasteiger charge is 2.32. The number of carbonyl (C=O) groups is 2. The van der Waals surface area contributed by atoms with Gasteiger partial charge < -0.3 is 15.0 Å². The van der Waals surface area contributed by atoms with Crippen LogP contribution in [0.3, 0.4) is 0 Å². The van der Waals surface area contributed by atoms with Gasteiger partial charge in [0.05, 0.1) is 19.6 Å². The highest BCUT2D eigenvalue weighted by atomic mass is 16.5. The lowest BCUT2D eigenvalue weighted by Crippen LogP contribution is -2.56. The molecule has 0 aliphatic carbocycles. The standard InChI is InChI=1S/C19H29N3O3/c1-5-21(6-2)18(23)12-16-19(24)20-9-10-22(16)13-15-7-8-17(25-4)14(3)11-15/h7-8,11,16H,5-6,9-10,12-13H2,1-4H3,(H,20,24)/t16-/m1/s1. The largest absolute Gasteiger partial charge is 0.496 e. The molecule has 1 aromatic carbocycles. The van der Waals surface area contributed by atoms with Crippen molar-refractivity contribution >= 4 is 11.8 Å². The Kier molecular flexibility index (Phi) is 6.82. The van der Waals surface area contributed by atoms with Gasteiger partial charge in [-0.05, 0) is 38.0 Å². The van der Waals surface area contributed by atoms with Crippen LogP contribution in [0.4, 0.5) is 0 Å². The summed E-state index contributed by atoms with van der Waals surface area (Å²) in [5.74, 6) is 0.827. The van der Waals surface area contributed by atoms with E-state index in [-0.39, 0.29) is 18.2 Å². The van der Waals surface area contributed by atoms with Gasteiger partial charge in [0.2, 0.25) is 11.8 Å². The number of methoxy groups -OCH3 is 1. The molecule has 0 unspecified atom stereocenters. The quantitative estimate of drug-likeness (QED) is 0.813. The minimum absolute atomic E-state index is 0.0305. The fraction of sp³-hybridized carbons (Fsp3) is 0.579. The fourth-order valence-electron chi connectivity index (χ4n) is 3.32. The molecule has 0 saturated carbocycles. The van der Waals surface area contributed by atoms with Crippen LogP contribution in [0.1, 0.15) is 31.4 Å². The number of carbonyl (C=O) groups excluding carboxylic acids is 2. The van der Waals surface area contributed by atoms with Crippen LogP contribution in [0.15, 0.2) is 18.2 Å². The second-order valence-electron chi connectivity index (χ2n) is 6.35. The van der Waals surface area contributed by atoms with Gasteiger partial charge in [-0.25, -0.2) is 0 Å². The van der Waals surface area contributed by atoms with Crippen molar-refractivity contribution in [2.24, 2.45) is 0 Å². The highest BCUT2D eigenvalue weighted by molar-refractivity contribution is 5.88. The predicted molar refractivity (Wildman–Crippen MR) is 97.5 cm³/mol. The molecule has 2 amide bonds. The lowest BCUT2D eigenvalue weighted by atomic mass is 10.0. The van der Waals surface area contributed by atoms with Gasteiger partial charge in [-0.2, -0.15) is 0 Å². The van der Waals surface area contributed by atoms with Crippen LogP contribution in [0, 0.1) is 6.92 Å². The zero-order valence-electron chi connectivity index (χ0n) is 15.7. The number of aryl methyl sites for hydroxylation is 1. The van der Waals surface area contributed by atoms with Crippen molar-refractivity contribution in [2.45, 2.75) is 39.8 Å². The van der Waals surface area contributed by atoms with Gasteiger partial charge in [0.1, 0.15) is 5.75 Å². The maximum absolute atomic E-state index is 12.5. The molecule has 1 fully saturated rings. The lowest BCUT2D eigenvalue weighted by Gasteiger charge is -2.35. The SMILES string of the molecule is CCN(CC)C(=O)C[C@@H]1C(=O)NCCN1Cc1ccc(OC)c(C)c1. The van der Waals surface area contributed by atoms with E-state index in [0.717, 1.165) is 23.4 Å². The average molecular weight is 347 g/mol. The average Bonchev–Trinajstić information content (AvgIpc) is 2.59. The summed E-state index contributed by atoms with van der Waals surface area (Å²) in [5.41, 5.74) is 2.19. The van der Waals surface area contributed by atoms with Gasteiger partial charge in [0, 0.05) is 32.7 Å². The Morgan fingerprint density at radius 1 is 1.36 bits per heavy atom. The second-order valence-corrected chi connectivity index (χ2v) is 6.35. The monoisotopic (exact) mass is 347 g/mol. The van der Waals surface area contributed by atoms with Crippen molar-refractivity contribution in [1.82, 2.24) is 15.1 Å². The first-order chi connectivity index (χ1) is 12.0. The van der Waals surface area contributed by atoms with Crippen LogP contribution in [0.5, 0.6) is 5.75 Å². The third kappa shape index (κ3) is 4.72. The molecular formula is C19H29N3O3. The van der Waals surface area contributed by atoms with Gasteiger partial charge in [-0.15, -0.1) is 0 Å². The van der Waals surface area contributed by atoms with Crippen molar-refractivity contribution in [3.05, 3.63) is 29.3 Å². The minimum atomic E-state index is -0.413. The van der Waals surface area contributed by atoms with Gasteiger partial charge in [0.25, 0.3) is 0 Å². The summed E-state index contributed by atoms with van der Waals surface area (Å²) in [5, 5.41) is 2.89. The number of hydrogen-bond acceptors (Lipinski definition) is 4. The Hall–Kier alpha value is -2.08. The second kappa shape index (κ2) is 8.85. The van der Waals surface area contributed by atoms with Gasteiger partial charge in [0.15, 0.2) is 0 Å². The molecule has 1 N–H and O–H groups in total. The molecule has 0 bridgehead atoms. The molecule has 0 radical (unpaired) electrons. The zero-order valence-corrected chi connectivity index (χ0v) is 15.7. The summed E-state index contributed by atoms with van der Waals surface area (Å²) in [6.45, 7) is 9.27. The van der Waals surface area contributed by atoms with Crippen LogP contribution in [0.2, 0.25) is 0 Å². The Bertz CT molecular complexity index is 614. The molecule has 1 saturated heterocycles. The third-order valence-corrected chi connectivity index (χ3v) is 4.77. The number of hydrogen-bond donors (Lipinski definition) is 1. The van der Waals surface area contributed by atoms with Crippen LogP contribution in [-0.2, 0) is 16.1 Å². The van der Waals surface area contributed by atoms with E-state index >= 15 is 0 Å². The normalized spacial score (nSPS) is 17.9. The summed E-state index contributed by atoms with van der Waals surface area (Å²) in [6.07, 6.45) is 0.225. The lowest BCUT2D eigenvalue weighted by molar-refractivity contribution is -0.138. The van der Waals surface area contributed by atoms with Crippen LogP contribution >= 0.6 is 0 Å². The van der Waals surface area contributed by atoms with E-state index < -0.39 is 6.04 Å². The smallest absolute Gasteiger partial charge is 0.237 e. The Morgan fingerprint density at radius 3 is 2.68 bits per heavy atom. The highest BCUT2D eigenvalue weighted by Crippen LogP contribution is 2.21. The van der Waals surface area contributed by atoms with E-state index in [1.807, 2.05) is 32.9 Å². The summed E-state index contributed by atoms with van der Waals surface area (Å²) < 4.78 is 5.30. The summed E-state index contributed by atoms with van der Waals surface area (Å²) in [6, 6.07) is 5.63. The maximum Gasteiger partial charge on any atom is 0.237 e. The molecule has 1 heterocycles. The first-order valence-electron chi connectivity index (χ1n) is 8.93. The van der Waals surface area contributed by atoms with E-state index in [0.29, 0.717) is 26.2 Å². The molecule has 1 atom stereocenters. The number of piperazine rings is 1. The molecule has 0 aromatic heterocycles. The van der Waals surface area contributed by atoms with Gasteiger partial charge >= 0.3 is 0 Å². The van der Waals surface area contributed by atoms with Crippen LogP contribution < -0.4 is 10.1 Å². The number of ether oxygens (including phenoxy) is 1. The molecule has 0 spiro atoms. The number of benzene rings is 1. The molecule has 6 nitrogen and oxygen atoms in total. The van der Waals surface area contributed by atoms with E-state index in [4.69, 9.17) is 4.74 Å². The summed E-state index contributed by atoms with van der Waals surface area (Å²) >= 11 is 0. The van der Waals surface area contributed by atoms with Gasteiger partial charge in [-0.3, -0.25) is 14.5 Å². The zero-order chi connectivity index (χ0) is 18.4. The van der Waals surface area contributed by atoms with E-state index in [1.165, 1.54) is 0 Å². The van der Waals surface area contributed by atoms with Gasteiger partial charge in [-0.1, -0.05) is 12.1 Å². The summed E-state index contributed by atoms with van der Waals surface area (Å²) in [4.78, 5) is 28.7. The Balaban J connectivity index is 2.12. The van der Waals surface area contributed by atoms with Crippen molar-refractivity contribution in [3.8, 4) is 5.75 Å². The number of amides is 2. The topological polar surface area (TPSA) is 61.9 Å². The predicted octanol–water partition coefficient (Wildman–Crippen LogP) is 1.56. The number of rotatable bonds is 7. The van der Waals surface area contributed by atoms with E-state index in [1.54, 1.807) is 12.0 Å². The molecule has 138 valence electrons. The molecule has 1 aromatic rings. The molecule has 25 heavy (non-hydrogen) atoms. The van der Waals surface area contributed by atoms with Crippen LogP contribution in [-0.4, -0.2) is 60.9 Å².